The number of fused-ring (bicyclic) bond motifs is 2. The molecular weight excluding hydrogens is 408 g/mol. The van der Waals surface area contributed by atoms with Crippen molar-refractivity contribution in [2.75, 3.05) is 32.1 Å². The Hall–Kier alpha value is -2.76. The van der Waals surface area contributed by atoms with E-state index in [1.165, 1.54) is 5.69 Å². The number of aromatic nitrogens is 2. The first-order valence-corrected chi connectivity index (χ1v) is 11.2. The van der Waals surface area contributed by atoms with E-state index in [1.807, 2.05) is 42.6 Å². The van der Waals surface area contributed by atoms with Gasteiger partial charge < -0.3 is 15.0 Å². The standard InChI is InChI=1S/C25H29ClN4O/c1-3-13-30(17-19-6-4-11-27-19)14-5-12-28-25-21-9-7-18(26)15-24(21)29-23-10-8-20(31-2)16-22(23)25/h4,6-11,15-16,27H,3,5,12-14,17H2,1-2H3,(H,28,29). The summed E-state index contributed by atoms with van der Waals surface area (Å²) in [4.78, 5) is 10.6. The molecule has 162 valence electrons. The summed E-state index contributed by atoms with van der Waals surface area (Å²) >= 11 is 6.23. The molecule has 0 bridgehead atoms. The van der Waals surface area contributed by atoms with E-state index < -0.39 is 0 Å². The van der Waals surface area contributed by atoms with Crippen LogP contribution in [0.15, 0.2) is 54.7 Å². The van der Waals surface area contributed by atoms with Crippen molar-refractivity contribution in [2.24, 2.45) is 0 Å². The molecule has 2 N–H and O–H groups in total. The summed E-state index contributed by atoms with van der Waals surface area (Å²) in [6.07, 6.45) is 4.18. The van der Waals surface area contributed by atoms with Gasteiger partial charge in [-0.1, -0.05) is 18.5 Å². The molecule has 0 radical (unpaired) electrons. The largest absolute Gasteiger partial charge is 0.497 e. The maximum Gasteiger partial charge on any atom is 0.119 e. The van der Waals surface area contributed by atoms with Crippen LogP contribution < -0.4 is 10.1 Å². The van der Waals surface area contributed by atoms with Gasteiger partial charge in [-0.05, 0) is 67.9 Å². The lowest BCUT2D eigenvalue weighted by Gasteiger charge is -2.21. The van der Waals surface area contributed by atoms with Crippen LogP contribution in [-0.4, -0.2) is 41.6 Å². The van der Waals surface area contributed by atoms with Crippen LogP contribution in [0.2, 0.25) is 5.02 Å². The summed E-state index contributed by atoms with van der Waals surface area (Å²) in [6.45, 7) is 6.19. The number of nitrogens with zero attached hydrogens (tertiary/aromatic N) is 2. The quantitative estimate of drug-likeness (QED) is 0.233. The van der Waals surface area contributed by atoms with Crippen LogP contribution in [0, 0.1) is 0 Å². The smallest absolute Gasteiger partial charge is 0.119 e. The molecule has 0 fully saturated rings. The highest BCUT2D eigenvalue weighted by Gasteiger charge is 2.11. The van der Waals surface area contributed by atoms with Gasteiger partial charge in [0.15, 0.2) is 0 Å². The molecule has 0 aliphatic rings. The predicted octanol–water partition coefficient (Wildman–Crippen LogP) is 6.09. The second-order valence-electron chi connectivity index (χ2n) is 7.78. The second kappa shape index (κ2) is 10.0. The van der Waals surface area contributed by atoms with E-state index in [0.29, 0.717) is 5.02 Å². The van der Waals surface area contributed by atoms with Gasteiger partial charge in [0.25, 0.3) is 0 Å². The molecule has 2 aromatic heterocycles. The number of methoxy groups -OCH3 is 1. The zero-order chi connectivity index (χ0) is 21.6. The number of nitrogens with one attached hydrogen (secondary N) is 2. The van der Waals surface area contributed by atoms with Crippen LogP contribution in [-0.2, 0) is 6.54 Å². The Labute approximate surface area is 188 Å². The monoisotopic (exact) mass is 436 g/mol. The highest BCUT2D eigenvalue weighted by atomic mass is 35.5. The summed E-state index contributed by atoms with van der Waals surface area (Å²) in [5, 5.41) is 6.51. The van der Waals surface area contributed by atoms with Gasteiger partial charge in [0, 0.05) is 47.3 Å². The topological polar surface area (TPSA) is 53.2 Å². The van der Waals surface area contributed by atoms with Crippen molar-refractivity contribution in [3.63, 3.8) is 0 Å². The van der Waals surface area contributed by atoms with E-state index in [1.54, 1.807) is 7.11 Å². The summed E-state index contributed by atoms with van der Waals surface area (Å²) in [5.74, 6) is 0.825. The Morgan fingerprint density at radius 1 is 1.06 bits per heavy atom. The lowest BCUT2D eigenvalue weighted by atomic mass is 10.1. The van der Waals surface area contributed by atoms with Gasteiger partial charge in [-0.15, -0.1) is 0 Å². The van der Waals surface area contributed by atoms with Gasteiger partial charge in [0.2, 0.25) is 0 Å². The Morgan fingerprint density at radius 3 is 2.74 bits per heavy atom. The molecule has 0 saturated carbocycles. The summed E-state index contributed by atoms with van der Waals surface area (Å²) in [6, 6.07) is 16.1. The second-order valence-corrected chi connectivity index (χ2v) is 8.22. The molecule has 0 aliphatic carbocycles. The highest BCUT2D eigenvalue weighted by molar-refractivity contribution is 6.31. The van der Waals surface area contributed by atoms with E-state index >= 15 is 0 Å². The number of rotatable bonds is 10. The fraction of sp³-hybridized carbons (Fsp3) is 0.320. The summed E-state index contributed by atoms with van der Waals surface area (Å²) in [5.41, 5.74) is 4.17. The highest BCUT2D eigenvalue weighted by Crippen LogP contribution is 2.34. The number of halogens is 1. The van der Waals surface area contributed by atoms with Crippen molar-refractivity contribution in [1.82, 2.24) is 14.9 Å². The SMILES string of the molecule is CCCN(CCCNc1c2ccc(Cl)cc2nc2ccc(OC)cc12)Cc1ccc[nH]1. The van der Waals surface area contributed by atoms with E-state index in [0.717, 1.165) is 72.3 Å². The zero-order valence-corrected chi connectivity index (χ0v) is 18.9. The molecule has 0 amide bonds. The molecule has 0 saturated heterocycles. The number of hydrogen-bond donors (Lipinski definition) is 2. The van der Waals surface area contributed by atoms with Gasteiger partial charge in [-0.25, -0.2) is 4.98 Å². The van der Waals surface area contributed by atoms with Crippen molar-refractivity contribution >= 4 is 39.1 Å². The molecule has 0 atom stereocenters. The number of pyridine rings is 1. The number of aromatic amines is 1. The lowest BCUT2D eigenvalue weighted by molar-refractivity contribution is 0.262. The Bertz CT molecular complexity index is 1140. The van der Waals surface area contributed by atoms with Crippen LogP contribution in [0.1, 0.15) is 25.5 Å². The molecule has 5 nitrogen and oxygen atoms in total. The van der Waals surface area contributed by atoms with Crippen molar-refractivity contribution in [3.8, 4) is 5.75 Å². The lowest BCUT2D eigenvalue weighted by Crippen LogP contribution is -2.26. The Morgan fingerprint density at radius 2 is 1.97 bits per heavy atom. The summed E-state index contributed by atoms with van der Waals surface area (Å²) in [7, 11) is 1.69. The Kier molecular flexibility index (Phi) is 6.95. The third-order valence-electron chi connectivity index (χ3n) is 5.49. The van der Waals surface area contributed by atoms with Crippen molar-refractivity contribution < 1.29 is 4.74 Å². The first-order valence-electron chi connectivity index (χ1n) is 10.8. The van der Waals surface area contributed by atoms with E-state index in [-0.39, 0.29) is 0 Å². The number of ether oxygens (including phenoxy) is 1. The maximum absolute atomic E-state index is 6.23. The van der Waals surface area contributed by atoms with Gasteiger partial charge in [0.05, 0.1) is 23.8 Å². The molecule has 2 heterocycles. The van der Waals surface area contributed by atoms with Crippen LogP contribution >= 0.6 is 11.6 Å². The molecule has 0 aliphatic heterocycles. The van der Waals surface area contributed by atoms with Crippen molar-refractivity contribution in [3.05, 3.63) is 65.4 Å². The average molecular weight is 437 g/mol. The molecule has 0 spiro atoms. The van der Waals surface area contributed by atoms with E-state index in [9.17, 15) is 0 Å². The van der Waals surface area contributed by atoms with Crippen LogP contribution in [0.5, 0.6) is 5.75 Å². The number of hydrogen-bond acceptors (Lipinski definition) is 4. The first kappa shape index (κ1) is 21.5. The molecule has 6 heteroatoms. The van der Waals surface area contributed by atoms with Gasteiger partial charge in [0.1, 0.15) is 5.75 Å². The zero-order valence-electron chi connectivity index (χ0n) is 18.1. The summed E-state index contributed by atoms with van der Waals surface area (Å²) < 4.78 is 5.46. The van der Waals surface area contributed by atoms with Gasteiger partial charge in [-0.3, -0.25) is 4.90 Å². The minimum Gasteiger partial charge on any atom is -0.497 e. The molecule has 2 aromatic carbocycles. The van der Waals surface area contributed by atoms with Crippen LogP contribution in [0.4, 0.5) is 5.69 Å². The molecule has 4 aromatic rings. The van der Waals surface area contributed by atoms with Crippen molar-refractivity contribution in [1.29, 1.82) is 0 Å². The number of H-pyrrole nitrogens is 1. The first-order chi connectivity index (χ1) is 15.2. The van der Waals surface area contributed by atoms with E-state index in [4.69, 9.17) is 21.3 Å². The molecule has 31 heavy (non-hydrogen) atoms. The molecular formula is C25H29ClN4O. The minimum absolute atomic E-state index is 0.693. The minimum atomic E-state index is 0.693. The predicted molar refractivity (Wildman–Crippen MR) is 130 cm³/mol. The van der Waals surface area contributed by atoms with Crippen LogP contribution in [0.3, 0.4) is 0 Å². The third kappa shape index (κ3) is 5.12. The third-order valence-corrected chi connectivity index (χ3v) is 5.73. The fourth-order valence-corrected chi connectivity index (χ4v) is 4.19. The Balaban J connectivity index is 1.53. The molecule has 0 unspecified atom stereocenters. The van der Waals surface area contributed by atoms with E-state index in [2.05, 4.69) is 34.3 Å². The number of benzene rings is 2. The molecule has 4 rings (SSSR count). The average Bonchev–Trinajstić information content (AvgIpc) is 3.28. The van der Waals surface area contributed by atoms with Gasteiger partial charge >= 0.3 is 0 Å². The van der Waals surface area contributed by atoms with Crippen LogP contribution in [0.25, 0.3) is 21.8 Å². The van der Waals surface area contributed by atoms with Crippen molar-refractivity contribution in [2.45, 2.75) is 26.3 Å². The maximum atomic E-state index is 6.23. The van der Waals surface area contributed by atoms with Gasteiger partial charge in [-0.2, -0.15) is 0 Å². The fourth-order valence-electron chi connectivity index (χ4n) is 4.02. The number of anilines is 1. The normalized spacial score (nSPS) is 11.5.